The first-order valence-electron chi connectivity index (χ1n) is 7.55. The molecule has 1 aliphatic heterocycles. The molecule has 1 unspecified atom stereocenters. The summed E-state index contributed by atoms with van der Waals surface area (Å²) in [4.78, 5) is 25.6. The Morgan fingerprint density at radius 2 is 2.35 bits per heavy atom. The largest absolute Gasteiger partial charge is 0.352 e. The van der Waals surface area contributed by atoms with Gasteiger partial charge in [0.2, 0.25) is 11.8 Å². The number of amides is 2. The zero-order chi connectivity index (χ0) is 14.4. The standard InChI is InChI=1S/C16H24N2O2/c1-2-9-17-16(20)14-11-15(19)18(12-14)10-8-13-6-4-3-5-7-13/h2,6,14H,1,3-5,7-12H2,(H,17,20). The topological polar surface area (TPSA) is 49.4 Å². The molecule has 1 N–H and O–H groups in total. The molecule has 0 spiro atoms. The van der Waals surface area contributed by atoms with Gasteiger partial charge in [-0.2, -0.15) is 0 Å². The molecule has 0 aromatic carbocycles. The molecule has 1 aliphatic carbocycles. The number of carbonyl (C=O) groups is 2. The van der Waals surface area contributed by atoms with E-state index in [9.17, 15) is 9.59 Å². The Morgan fingerprint density at radius 3 is 3.05 bits per heavy atom. The highest BCUT2D eigenvalue weighted by Gasteiger charge is 2.33. The smallest absolute Gasteiger partial charge is 0.225 e. The Morgan fingerprint density at radius 1 is 1.50 bits per heavy atom. The molecular weight excluding hydrogens is 252 g/mol. The quantitative estimate of drug-likeness (QED) is 0.755. The Kier molecular flexibility index (Phi) is 5.39. The van der Waals surface area contributed by atoms with Crippen LogP contribution in [0.1, 0.15) is 38.5 Å². The average Bonchev–Trinajstić information content (AvgIpc) is 2.85. The molecule has 0 bridgehead atoms. The molecule has 2 aliphatic rings. The van der Waals surface area contributed by atoms with Crippen molar-refractivity contribution in [3.63, 3.8) is 0 Å². The van der Waals surface area contributed by atoms with E-state index in [1.807, 2.05) is 4.90 Å². The van der Waals surface area contributed by atoms with Crippen molar-refractivity contribution in [3.8, 4) is 0 Å². The molecule has 1 saturated heterocycles. The molecule has 20 heavy (non-hydrogen) atoms. The molecule has 1 heterocycles. The van der Waals surface area contributed by atoms with Crippen LogP contribution in [0.3, 0.4) is 0 Å². The summed E-state index contributed by atoms with van der Waals surface area (Å²) in [6, 6.07) is 0. The molecule has 2 rings (SSSR count). The number of rotatable bonds is 6. The SMILES string of the molecule is C=CCNC(=O)C1CC(=O)N(CCC2=CCCCC2)C1. The van der Waals surface area contributed by atoms with E-state index >= 15 is 0 Å². The second-order valence-electron chi connectivity index (χ2n) is 5.63. The molecule has 0 aromatic rings. The third-order valence-electron chi connectivity index (χ3n) is 4.09. The third kappa shape index (κ3) is 3.95. The number of nitrogens with zero attached hydrogens (tertiary/aromatic N) is 1. The van der Waals surface area contributed by atoms with Crippen LogP contribution in [0.5, 0.6) is 0 Å². The van der Waals surface area contributed by atoms with Crippen molar-refractivity contribution in [1.82, 2.24) is 10.2 Å². The predicted octanol–water partition coefficient (Wildman–Crippen LogP) is 2.03. The van der Waals surface area contributed by atoms with E-state index in [0.717, 1.165) is 13.0 Å². The minimum absolute atomic E-state index is 0.0300. The van der Waals surface area contributed by atoms with Crippen molar-refractivity contribution >= 4 is 11.8 Å². The first-order valence-corrected chi connectivity index (χ1v) is 7.55. The summed E-state index contributed by atoms with van der Waals surface area (Å²) in [5.41, 5.74) is 1.48. The van der Waals surface area contributed by atoms with Crippen LogP contribution in [0.2, 0.25) is 0 Å². The summed E-state index contributed by atoms with van der Waals surface area (Å²) in [7, 11) is 0. The summed E-state index contributed by atoms with van der Waals surface area (Å²) >= 11 is 0. The van der Waals surface area contributed by atoms with Crippen LogP contribution in [0.25, 0.3) is 0 Å². The maximum absolute atomic E-state index is 11.9. The lowest BCUT2D eigenvalue weighted by Gasteiger charge is -2.19. The second-order valence-corrected chi connectivity index (χ2v) is 5.63. The normalized spacial score (nSPS) is 22.6. The third-order valence-corrected chi connectivity index (χ3v) is 4.09. The lowest BCUT2D eigenvalue weighted by molar-refractivity contribution is -0.128. The Balaban J connectivity index is 1.78. The van der Waals surface area contributed by atoms with Gasteiger partial charge in [0.25, 0.3) is 0 Å². The fourth-order valence-corrected chi connectivity index (χ4v) is 2.89. The molecule has 110 valence electrons. The van der Waals surface area contributed by atoms with Crippen molar-refractivity contribution in [2.75, 3.05) is 19.6 Å². The molecule has 0 saturated carbocycles. The predicted molar refractivity (Wildman–Crippen MR) is 79.1 cm³/mol. The second kappa shape index (κ2) is 7.27. The number of allylic oxidation sites excluding steroid dienone is 1. The maximum atomic E-state index is 11.9. The van der Waals surface area contributed by atoms with Gasteiger partial charge in [-0.25, -0.2) is 0 Å². The van der Waals surface area contributed by atoms with Crippen molar-refractivity contribution in [2.45, 2.75) is 38.5 Å². The first kappa shape index (κ1) is 14.8. The average molecular weight is 276 g/mol. The van der Waals surface area contributed by atoms with E-state index in [0.29, 0.717) is 19.5 Å². The Bertz CT molecular complexity index is 415. The van der Waals surface area contributed by atoms with Crippen molar-refractivity contribution in [2.24, 2.45) is 5.92 Å². The number of hydrogen-bond donors (Lipinski definition) is 1. The summed E-state index contributed by atoms with van der Waals surface area (Å²) in [6.45, 7) is 5.37. The van der Waals surface area contributed by atoms with Gasteiger partial charge in [-0.05, 0) is 32.1 Å². The van der Waals surface area contributed by atoms with Crippen molar-refractivity contribution in [3.05, 3.63) is 24.3 Å². The minimum Gasteiger partial charge on any atom is -0.352 e. The van der Waals surface area contributed by atoms with E-state index in [1.54, 1.807) is 6.08 Å². The van der Waals surface area contributed by atoms with Gasteiger partial charge in [0.1, 0.15) is 0 Å². The molecule has 1 atom stereocenters. The van der Waals surface area contributed by atoms with E-state index in [2.05, 4.69) is 18.0 Å². The number of carbonyl (C=O) groups excluding carboxylic acids is 2. The highest BCUT2D eigenvalue weighted by Crippen LogP contribution is 2.23. The van der Waals surface area contributed by atoms with Gasteiger partial charge >= 0.3 is 0 Å². The summed E-state index contributed by atoms with van der Waals surface area (Å²) in [5.74, 6) is -0.111. The van der Waals surface area contributed by atoms with E-state index in [4.69, 9.17) is 0 Å². The zero-order valence-corrected chi connectivity index (χ0v) is 12.1. The van der Waals surface area contributed by atoms with Crippen LogP contribution in [0, 0.1) is 5.92 Å². The molecular formula is C16H24N2O2. The van der Waals surface area contributed by atoms with Crippen LogP contribution in [0.4, 0.5) is 0 Å². The van der Waals surface area contributed by atoms with E-state index in [-0.39, 0.29) is 17.7 Å². The first-order chi connectivity index (χ1) is 9.70. The monoisotopic (exact) mass is 276 g/mol. The minimum atomic E-state index is -0.192. The van der Waals surface area contributed by atoms with Gasteiger partial charge in [0.05, 0.1) is 5.92 Å². The van der Waals surface area contributed by atoms with Crippen LogP contribution >= 0.6 is 0 Å². The van der Waals surface area contributed by atoms with Crippen molar-refractivity contribution < 1.29 is 9.59 Å². The van der Waals surface area contributed by atoms with Crippen molar-refractivity contribution in [1.29, 1.82) is 0 Å². The molecule has 1 fully saturated rings. The highest BCUT2D eigenvalue weighted by atomic mass is 16.2. The van der Waals surface area contributed by atoms with Gasteiger partial charge in [-0.1, -0.05) is 17.7 Å². The number of likely N-dealkylation sites (tertiary alicyclic amines) is 1. The van der Waals surface area contributed by atoms with Crippen LogP contribution < -0.4 is 5.32 Å². The Hall–Kier alpha value is -1.58. The van der Waals surface area contributed by atoms with Gasteiger partial charge in [-0.15, -0.1) is 6.58 Å². The number of nitrogens with one attached hydrogen (secondary N) is 1. The molecule has 2 amide bonds. The summed E-state index contributed by atoms with van der Waals surface area (Å²) in [6.07, 6.45) is 10.2. The number of hydrogen-bond acceptors (Lipinski definition) is 2. The van der Waals surface area contributed by atoms with Gasteiger partial charge in [-0.3, -0.25) is 9.59 Å². The molecule has 0 aromatic heterocycles. The molecule has 4 heteroatoms. The molecule has 0 radical (unpaired) electrons. The fraction of sp³-hybridized carbons (Fsp3) is 0.625. The van der Waals surface area contributed by atoms with Crippen LogP contribution in [0.15, 0.2) is 24.3 Å². The van der Waals surface area contributed by atoms with Gasteiger partial charge in [0, 0.05) is 26.1 Å². The van der Waals surface area contributed by atoms with Crippen LogP contribution in [-0.2, 0) is 9.59 Å². The lowest BCUT2D eigenvalue weighted by Crippen LogP contribution is -2.33. The Labute approximate surface area is 120 Å². The fourth-order valence-electron chi connectivity index (χ4n) is 2.89. The lowest BCUT2D eigenvalue weighted by atomic mass is 9.97. The van der Waals surface area contributed by atoms with E-state index < -0.39 is 0 Å². The van der Waals surface area contributed by atoms with Crippen LogP contribution in [-0.4, -0.2) is 36.3 Å². The summed E-state index contributed by atoms with van der Waals surface area (Å²) in [5, 5.41) is 2.77. The maximum Gasteiger partial charge on any atom is 0.225 e. The highest BCUT2D eigenvalue weighted by molar-refractivity contribution is 5.89. The molecule has 4 nitrogen and oxygen atoms in total. The zero-order valence-electron chi connectivity index (χ0n) is 12.1. The summed E-state index contributed by atoms with van der Waals surface area (Å²) < 4.78 is 0. The van der Waals surface area contributed by atoms with E-state index in [1.165, 1.54) is 31.3 Å². The van der Waals surface area contributed by atoms with Gasteiger partial charge < -0.3 is 10.2 Å². The van der Waals surface area contributed by atoms with Gasteiger partial charge in [0.15, 0.2) is 0 Å².